The molecule has 0 aliphatic heterocycles. The molecule has 0 aromatic heterocycles. The number of hydrogen-bond donors (Lipinski definition) is 2. The van der Waals surface area contributed by atoms with Gasteiger partial charge in [0.05, 0.1) is 5.54 Å². The Bertz CT molecular complexity index is 183. The maximum atomic E-state index is 11.7. The quantitative estimate of drug-likeness (QED) is 0.589. The highest BCUT2D eigenvalue weighted by Gasteiger charge is 2.25. The van der Waals surface area contributed by atoms with Crippen LogP contribution >= 0.6 is 0 Å². The van der Waals surface area contributed by atoms with Crippen molar-refractivity contribution < 1.29 is 9.53 Å². The lowest BCUT2D eigenvalue weighted by Crippen LogP contribution is -2.52. The molecule has 0 saturated heterocycles. The van der Waals surface area contributed by atoms with Crippen molar-refractivity contribution in [1.29, 1.82) is 0 Å². The van der Waals surface area contributed by atoms with Gasteiger partial charge in [-0.3, -0.25) is 4.79 Å². The first-order chi connectivity index (χ1) is 7.64. The van der Waals surface area contributed by atoms with Gasteiger partial charge in [-0.25, -0.2) is 0 Å². The second-order valence-electron chi connectivity index (χ2n) is 4.04. The van der Waals surface area contributed by atoms with Crippen LogP contribution < -0.4 is 11.1 Å². The van der Waals surface area contributed by atoms with Crippen molar-refractivity contribution in [1.82, 2.24) is 5.32 Å². The van der Waals surface area contributed by atoms with E-state index < -0.39 is 0 Å². The van der Waals surface area contributed by atoms with Gasteiger partial charge < -0.3 is 15.8 Å². The molecule has 0 atom stereocenters. The summed E-state index contributed by atoms with van der Waals surface area (Å²) < 4.78 is 5.19. The molecule has 0 aromatic carbocycles. The molecule has 1 amide bonds. The number of nitrogens with two attached hydrogens (primary N) is 1. The first-order valence-corrected chi connectivity index (χ1v) is 6.23. The summed E-state index contributed by atoms with van der Waals surface area (Å²) >= 11 is 0. The van der Waals surface area contributed by atoms with Crippen molar-refractivity contribution in [3.05, 3.63) is 0 Å². The van der Waals surface area contributed by atoms with Crippen LogP contribution in [0.2, 0.25) is 0 Å². The minimum absolute atomic E-state index is 0.0776. The Kier molecular flexibility index (Phi) is 8.21. The van der Waals surface area contributed by atoms with Crippen LogP contribution in [-0.2, 0) is 9.53 Å². The molecule has 0 rings (SSSR count). The highest BCUT2D eigenvalue weighted by Crippen LogP contribution is 2.13. The predicted octanol–water partition coefficient (Wildman–Crippen LogP) is 1.44. The van der Waals surface area contributed by atoms with E-state index in [0.29, 0.717) is 26.2 Å². The van der Waals surface area contributed by atoms with Crippen molar-refractivity contribution in [2.45, 2.75) is 52.0 Å². The number of amides is 1. The SMILES string of the molecule is CCOCCCC(=O)NC(CC)(CC)CN. The lowest BCUT2D eigenvalue weighted by molar-refractivity contribution is -0.123. The molecule has 4 nitrogen and oxygen atoms in total. The van der Waals surface area contributed by atoms with E-state index in [1.807, 2.05) is 6.92 Å². The van der Waals surface area contributed by atoms with Crippen LogP contribution in [0.5, 0.6) is 0 Å². The van der Waals surface area contributed by atoms with Gasteiger partial charge in [0, 0.05) is 26.2 Å². The van der Waals surface area contributed by atoms with E-state index in [2.05, 4.69) is 19.2 Å². The van der Waals surface area contributed by atoms with Gasteiger partial charge in [-0.2, -0.15) is 0 Å². The molecule has 0 spiro atoms. The summed E-state index contributed by atoms with van der Waals surface area (Å²) in [5, 5.41) is 3.04. The van der Waals surface area contributed by atoms with Crippen LogP contribution in [0.15, 0.2) is 0 Å². The number of ether oxygens (including phenoxy) is 1. The van der Waals surface area contributed by atoms with E-state index in [0.717, 1.165) is 19.3 Å². The highest BCUT2D eigenvalue weighted by atomic mass is 16.5. The second-order valence-corrected chi connectivity index (χ2v) is 4.04. The summed E-state index contributed by atoms with van der Waals surface area (Å²) in [5.74, 6) is 0.0776. The van der Waals surface area contributed by atoms with Crippen molar-refractivity contribution >= 4 is 5.91 Å². The molecule has 4 heteroatoms. The van der Waals surface area contributed by atoms with Crippen molar-refractivity contribution in [2.24, 2.45) is 5.73 Å². The minimum Gasteiger partial charge on any atom is -0.382 e. The fraction of sp³-hybridized carbons (Fsp3) is 0.917. The van der Waals surface area contributed by atoms with Gasteiger partial charge >= 0.3 is 0 Å². The Hall–Kier alpha value is -0.610. The lowest BCUT2D eigenvalue weighted by Gasteiger charge is -2.31. The average molecular weight is 230 g/mol. The van der Waals surface area contributed by atoms with E-state index >= 15 is 0 Å². The van der Waals surface area contributed by atoms with Gasteiger partial charge in [-0.05, 0) is 26.2 Å². The summed E-state index contributed by atoms with van der Waals surface area (Å²) in [6.07, 6.45) is 3.03. The highest BCUT2D eigenvalue weighted by molar-refractivity contribution is 5.76. The number of carbonyl (C=O) groups is 1. The number of carbonyl (C=O) groups excluding carboxylic acids is 1. The molecule has 0 radical (unpaired) electrons. The topological polar surface area (TPSA) is 64.3 Å². The zero-order chi connectivity index (χ0) is 12.4. The predicted molar refractivity (Wildman–Crippen MR) is 66.2 cm³/mol. The molecule has 96 valence electrons. The van der Waals surface area contributed by atoms with Crippen molar-refractivity contribution in [2.75, 3.05) is 19.8 Å². The maximum Gasteiger partial charge on any atom is 0.220 e. The largest absolute Gasteiger partial charge is 0.382 e. The third-order valence-corrected chi connectivity index (χ3v) is 3.05. The van der Waals surface area contributed by atoms with Gasteiger partial charge in [0.1, 0.15) is 0 Å². The molecule has 0 unspecified atom stereocenters. The molecule has 16 heavy (non-hydrogen) atoms. The molecule has 3 N–H and O–H groups in total. The van der Waals surface area contributed by atoms with Crippen LogP contribution in [-0.4, -0.2) is 31.2 Å². The minimum atomic E-state index is -0.220. The van der Waals surface area contributed by atoms with E-state index in [9.17, 15) is 4.79 Å². The fourth-order valence-corrected chi connectivity index (χ4v) is 1.60. The van der Waals surface area contributed by atoms with E-state index in [1.54, 1.807) is 0 Å². The van der Waals surface area contributed by atoms with Crippen LogP contribution in [0, 0.1) is 0 Å². The van der Waals surface area contributed by atoms with Gasteiger partial charge in [0.25, 0.3) is 0 Å². The third-order valence-electron chi connectivity index (χ3n) is 3.05. The maximum absolute atomic E-state index is 11.7. The number of nitrogens with one attached hydrogen (secondary N) is 1. The molecular formula is C12H26N2O2. The Labute approximate surface area is 98.9 Å². The summed E-state index contributed by atoms with van der Waals surface area (Å²) in [7, 11) is 0. The van der Waals surface area contributed by atoms with Crippen LogP contribution in [0.1, 0.15) is 46.5 Å². The van der Waals surface area contributed by atoms with Gasteiger partial charge in [0.15, 0.2) is 0 Å². The lowest BCUT2D eigenvalue weighted by atomic mass is 9.92. The summed E-state index contributed by atoms with van der Waals surface area (Å²) in [6, 6.07) is 0. The van der Waals surface area contributed by atoms with Gasteiger partial charge in [-0.15, -0.1) is 0 Å². The molecular weight excluding hydrogens is 204 g/mol. The van der Waals surface area contributed by atoms with Gasteiger partial charge in [-0.1, -0.05) is 13.8 Å². The van der Waals surface area contributed by atoms with Crippen LogP contribution in [0.4, 0.5) is 0 Å². The molecule has 0 aromatic rings. The van der Waals surface area contributed by atoms with Crippen molar-refractivity contribution in [3.63, 3.8) is 0 Å². The smallest absolute Gasteiger partial charge is 0.220 e. The van der Waals surface area contributed by atoms with E-state index in [4.69, 9.17) is 10.5 Å². The fourth-order valence-electron chi connectivity index (χ4n) is 1.60. The molecule has 0 aliphatic rings. The molecule has 0 aliphatic carbocycles. The van der Waals surface area contributed by atoms with Crippen LogP contribution in [0.3, 0.4) is 0 Å². The first kappa shape index (κ1) is 15.4. The molecule has 0 bridgehead atoms. The molecule has 0 saturated carbocycles. The summed E-state index contributed by atoms with van der Waals surface area (Å²) in [6.45, 7) is 7.91. The normalized spacial score (nSPS) is 11.5. The standard InChI is InChI=1S/C12H26N2O2/c1-4-12(5-2,10-13)14-11(15)8-7-9-16-6-3/h4-10,13H2,1-3H3,(H,14,15). The van der Waals surface area contributed by atoms with E-state index in [-0.39, 0.29) is 11.4 Å². The van der Waals surface area contributed by atoms with Gasteiger partial charge in [0.2, 0.25) is 5.91 Å². The third kappa shape index (κ3) is 5.47. The van der Waals surface area contributed by atoms with Crippen LogP contribution in [0.25, 0.3) is 0 Å². The monoisotopic (exact) mass is 230 g/mol. The average Bonchev–Trinajstić information content (AvgIpc) is 2.32. The zero-order valence-corrected chi connectivity index (χ0v) is 10.8. The zero-order valence-electron chi connectivity index (χ0n) is 10.8. The summed E-state index contributed by atoms with van der Waals surface area (Å²) in [5.41, 5.74) is 5.49. The Morgan fingerprint density at radius 2 is 1.94 bits per heavy atom. The first-order valence-electron chi connectivity index (χ1n) is 6.23. The second kappa shape index (κ2) is 8.53. The Morgan fingerprint density at radius 3 is 2.38 bits per heavy atom. The Balaban J connectivity index is 3.91. The molecule has 0 heterocycles. The van der Waals surface area contributed by atoms with E-state index in [1.165, 1.54) is 0 Å². The number of hydrogen-bond acceptors (Lipinski definition) is 3. The Morgan fingerprint density at radius 1 is 1.31 bits per heavy atom. The molecule has 0 fully saturated rings. The van der Waals surface area contributed by atoms with Crippen molar-refractivity contribution in [3.8, 4) is 0 Å². The number of rotatable bonds is 9. The summed E-state index contributed by atoms with van der Waals surface area (Å²) in [4.78, 5) is 11.7.